The summed E-state index contributed by atoms with van der Waals surface area (Å²) >= 11 is 0. The molecule has 0 aliphatic rings. The van der Waals surface area contributed by atoms with Crippen LogP contribution in [0.15, 0.2) is 42.5 Å². The van der Waals surface area contributed by atoms with Crippen LogP contribution in [-0.2, 0) is 12.7 Å². The summed E-state index contributed by atoms with van der Waals surface area (Å²) in [4.78, 5) is 0. The summed E-state index contributed by atoms with van der Waals surface area (Å²) in [7, 11) is 0. The van der Waals surface area contributed by atoms with Crippen molar-refractivity contribution in [2.75, 3.05) is 0 Å². The first-order valence-corrected chi connectivity index (χ1v) is 5.74. The zero-order valence-corrected chi connectivity index (χ0v) is 10.2. The predicted octanol–water partition coefficient (Wildman–Crippen LogP) is 4.10. The highest BCUT2D eigenvalue weighted by Crippen LogP contribution is 2.33. The molecule has 0 atom stereocenters. The summed E-state index contributed by atoms with van der Waals surface area (Å²) in [6.45, 7) is -0.0968. The van der Waals surface area contributed by atoms with Crippen LogP contribution in [-0.4, -0.2) is 0 Å². The molecule has 0 fully saturated rings. The van der Waals surface area contributed by atoms with E-state index in [1.807, 2.05) is 0 Å². The van der Waals surface area contributed by atoms with Crippen molar-refractivity contribution in [1.82, 2.24) is 0 Å². The third-order valence-corrected chi connectivity index (χ3v) is 2.65. The van der Waals surface area contributed by atoms with Gasteiger partial charge in [0.05, 0.1) is 5.56 Å². The molecular formula is C14H11F4NO. The highest BCUT2D eigenvalue weighted by atomic mass is 19.4. The fourth-order valence-corrected chi connectivity index (χ4v) is 1.64. The van der Waals surface area contributed by atoms with Gasteiger partial charge in [-0.3, -0.25) is 0 Å². The summed E-state index contributed by atoms with van der Waals surface area (Å²) in [6.07, 6.45) is -4.43. The molecule has 106 valence electrons. The van der Waals surface area contributed by atoms with Crippen molar-refractivity contribution in [2.45, 2.75) is 12.7 Å². The maximum Gasteiger partial charge on any atom is 0.416 e. The quantitative estimate of drug-likeness (QED) is 0.862. The number of halogens is 4. The smallest absolute Gasteiger partial charge is 0.416 e. The molecule has 0 spiro atoms. The summed E-state index contributed by atoms with van der Waals surface area (Å²) in [5.74, 6) is 0.108. The Labute approximate surface area is 112 Å². The molecule has 2 N–H and O–H groups in total. The topological polar surface area (TPSA) is 35.2 Å². The fraction of sp³-hybridized carbons (Fsp3) is 0.143. The van der Waals surface area contributed by atoms with E-state index in [1.54, 1.807) is 0 Å². The van der Waals surface area contributed by atoms with Crippen molar-refractivity contribution in [2.24, 2.45) is 5.73 Å². The van der Waals surface area contributed by atoms with Gasteiger partial charge in [-0.1, -0.05) is 0 Å². The summed E-state index contributed by atoms with van der Waals surface area (Å²) in [5.41, 5.74) is 4.87. The molecule has 0 unspecified atom stereocenters. The molecule has 0 saturated heterocycles. The lowest BCUT2D eigenvalue weighted by Gasteiger charge is -2.13. The second-order valence-electron chi connectivity index (χ2n) is 4.08. The van der Waals surface area contributed by atoms with E-state index in [2.05, 4.69) is 0 Å². The van der Waals surface area contributed by atoms with Crippen molar-refractivity contribution < 1.29 is 22.3 Å². The van der Waals surface area contributed by atoms with E-state index in [9.17, 15) is 17.6 Å². The molecule has 0 bridgehead atoms. The predicted molar refractivity (Wildman–Crippen MR) is 65.8 cm³/mol. The molecule has 2 aromatic rings. The van der Waals surface area contributed by atoms with Crippen molar-refractivity contribution in [1.29, 1.82) is 0 Å². The number of hydrogen-bond acceptors (Lipinski definition) is 2. The van der Waals surface area contributed by atoms with Gasteiger partial charge in [0.25, 0.3) is 0 Å². The van der Waals surface area contributed by atoms with Crippen molar-refractivity contribution >= 4 is 0 Å². The van der Waals surface area contributed by atoms with Crippen molar-refractivity contribution in [3.63, 3.8) is 0 Å². The van der Waals surface area contributed by atoms with Gasteiger partial charge in [0.1, 0.15) is 17.3 Å². The highest BCUT2D eigenvalue weighted by molar-refractivity contribution is 5.41. The van der Waals surface area contributed by atoms with E-state index in [0.717, 1.165) is 12.1 Å². The Morgan fingerprint density at radius 3 is 2.20 bits per heavy atom. The molecule has 0 aliphatic heterocycles. The van der Waals surface area contributed by atoms with Crippen LogP contribution < -0.4 is 10.5 Å². The van der Waals surface area contributed by atoms with Crippen LogP contribution >= 0.6 is 0 Å². The standard InChI is InChI=1S/C14H11F4NO/c15-11-2-4-12(5-3-11)20-13-6-1-10(14(16,17)18)7-9(13)8-19/h1-7H,8,19H2. The molecule has 0 saturated carbocycles. The Balaban J connectivity index is 2.30. The third-order valence-electron chi connectivity index (χ3n) is 2.65. The second-order valence-corrected chi connectivity index (χ2v) is 4.08. The van der Waals surface area contributed by atoms with Gasteiger partial charge in [-0.15, -0.1) is 0 Å². The van der Waals surface area contributed by atoms with Crippen LogP contribution in [0.5, 0.6) is 11.5 Å². The lowest BCUT2D eigenvalue weighted by Crippen LogP contribution is -2.08. The number of ether oxygens (including phenoxy) is 1. The third kappa shape index (κ3) is 3.27. The lowest BCUT2D eigenvalue weighted by molar-refractivity contribution is -0.137. The van der Waals surface area contributed by atoms with Gasteiger partial charge in [0.2, 0.25) is 0 Å². The SMILES string of the molecule is NCc1cc(C(F)(F)F)ccc1Oc1ccc(F)cc1. The zero-order chi connectivity index (χ0) is 14.8. The van der Waals surface area contributed by atoms with Crippen LogP contribution in [0, 0.1) is 5.82 Å². The molecule has 20 heavy (non-hydrogen) atoms. The minimum atomic E-state index is -4.43. The maximum atomic E-state index is 12.8. The van der Waals surface area contributed by atoms with Crippen LogP contribution in [0.2, 0.25) is 0 Å². The number of hydrogen-bond donors (Lipinski definition) is 1. The Kier molecular flexibility index (Phi) is 3.94. The molecule has 2 nitrogen and oxygen atoms in total. The van der Waals surface area contributed by atoms with Gasteiger partial charge >= 0.3 is 6.18 Å². The maximum absolute atomic E-state index is 12.8. The number of benzene rings is 2. The van der Waals surface area contributed by atoms with Gasteiger partial charge in [-0.25, -0.2) is 4.39 Å². The molecule has 0 radical (unpaired) electrons. The molecule has 6 heteroatoms. The van der Waals surface area contributed by atoms with Crippen LogP contribution in [0.3, 0.4) is 0 Å². The molecule has 0 aromatic heterocycles. The highest BCUT2D eigenvalue weighted by Gasteiger charge is 2.31. The monoisotopic (exact) mass is 285 g/mol. The van der Waals surface area contributed by atoms with Gasteiger partial charge in [0.15, 0.2) is 0 Å². The molecule has 2 aromatic carbocycles. The Hall–Kier alpha value is -2.08. The first-order valence-electron chi connectivity index (χ1n) is 5.74. The lowest BCUT2D eigenvalue weighted by atomic mass is 10.1. The Bertz CT molecular complexity index is 593. The zero-order valence-electron chi connectivity index (χ0n) is 10.2. The molecule has 0 amide bonds. The van der Waals surface area contributed by atoms with E-state index in [-0.39, 0.29) is 17.9 Å². The van der Waals surface area contributed by atoms with Crippen LogP contribution in [0.1, 0.15) is 11.1 Å². The minimum absolute atomic E-state index is 0.0968. The van der Waals surface area contributed by atoms with Gasteiger partial charge < -0.3 is 10.5 Å². The first kappa shape index (κ1) is 14.3. The normalized spacial score (nSPS) is 11.4. The Morgan fingerprint density at radius 1 is 1.00 bits per heavy atom. The Morgan fingerprint density at radius 2 is 1.65 bits per heavy atom. The summed E-state index contributed by atoms with van der Waals surface area (Å²) < 4.78 is 55.9. The largest absolute Gasteiger partial charge is 0.457 e. The van der Waals surface area contributed by atoms with Crippen molar-refractivity contribution in [3.05, 3.63) is 59.4 Å². The summed E-state index contributed by atoms with van der Waals surface area (Å²) in [6, 6.07) is 8.22. The average molecular weight is 285 g/mol. The average Bonchev–Trinajstić information content (AvgIpc) is 2.40. The second kappa shape index (κ2) is 5.50. The number of rotatable bonds is 3. The number of alkyl halides is 3. The van der Waals surface area contributed by atoms with E-state index in [1.165, 1.54) is 30.3 Å². The van der Waals surface area contributed by atoms with Gasteiger partial charge in [-0.05, 0) is 42.5 Å². The van der Waals surface area contributed by atoms with E-state index in [0.29, 0.717) is 5.75 Å². The molecule has 0 heterocycles. The van der Waals surface area contributed by atoms with E-state index >= 15 is 0 Å². The van der Waals surface area contributed by atoms with Crippen LogP contribution in [0.25, 0.3) is 0 Å². The number of nitrogens with two attached hydrogens (primary N) is 1. The first-order chi connectivity index (χ1) is 9.40. The molecular weight excluding hydrogens is 274 g/mol. The van der Waals surface area contributed by atoms with E-state index < -0.39 is 17.6 Å². The van der Waals surface area contributed by atoms with Gasteiger partial charge in [0, 0.05) is 12.1 Å². The summed E-state index contributed by atoms with van der Waals surface area (Å²) in [5, 5.41) is 0. The molecule has 0 aliphatic carbocycles. The minimum Gasteiger partial charge on any atom is -0.457 e. The molecule has 2 rings (SSSR count). The van der Waals surface area contributed by atoms with Crippen LogP contribution in [0.4, 0.5) is 17.6 Å². The van der Waals surface area contributed by atoms with Crippen molar-refractivity contribution in [3.8, 4) is 11.5 Å². The van der Waals surface area contributed by atoms with Gasteiger partial charge in [-0.2, -0.15) is 13.2 Å². The fourth-order valence-electron chi connectivity index (χ4n) is 1.64. The van der Waals surface area contributed by atoms with E-state index in [4.69, 9.17) is 10.5 Å².